The monoisotopic (exact) mass is 388 g/mol. The Labute approximate surface area is 162 Å². The highest BCUT2D eigenvalue weighted by Crippen LogP contribution is 2.30. The van der Waals surface area contributed by atoms with Crippen LogP contribution in [0.2, 0.25) is 0 Å². The van der Waals surface area contributed by atoms with Gasteiger partial charge in [-0.25, -0.2) is 8.42 Å². The van der Waals surface area contributed by atoms with E-state index in [1.807, 2.05) is 32.0 Å². The van der Waals surface area contributed by atoms with Gasteiger partial charge in [-0.2, -0.15) is 4.31 Å². The maximum absolute atomic E-state index is 13.1. The molecule has 1 fully saturated rings. The first kappa shape index (κ1) is 19.7. The van der Waals surface area contributed by atoms with Gasteiger partial charge < -0.3 is 9.64 Å². The van der Waals surface area contributed by atoms with Crippen LogP contribution in [0, 0.1) is 13.8 Å². The van der Waals surface area contributed by atoms with E-state index >= 15 is 0 Å². The van der Waals surface area contributed by atoms with E-state index < -0.39 is 10.0 Å². The van der Waals surface area contributed by atoms with Crippen molar-refractivity contribution in [2.75, 3.05) is 32.1 Å². The van der Waals surface area contributed by atoms with Crippen LogP contribution in [0.15, 0.2) is 41.3 Å². The topological polar surface area (TPSA) is 49.9 Å². The Morgan fingerprint density at radius 1 is 1.07 bits per heavy atom. The zero-order chi connectivity index (χ0) is 19.6. The van der Waals surface area contributed by atoms with Gasteiger partial charge in [0.15, 0.2) is 0 Å². The lowest BCUT2D eigenvalue weighted by molar-refractivity contribution is 0.408. The summed E-state index contributed by atoms with van der Waals surface area (Å²) in [6, 6.07) is 11.5. The smallest absolute Gasteiger partial charge is 0.243 e. The number of para-hydroxylation sites is 1. The maximum Gasteiger partial charge on any atom is 0.243 e. The summed E-state index contributed by atoms with van der Waals surface area (Å²) in [5, 5.41) is 0. The predicted molar refractivity (Wildman–Crippen MR) is 109 cm³/mol. The fourth-order valence-corrected chi connectivity index (χ4v) is 5.12. The van der Waals surface area contributed by atoms with E-state index in [-0.39, 0.29) is 0 Å². The molecule has 1 saturated heterocycles. The molecule has 1 aliphatic heterocycles. The van der Waals surface area contributed by atoms with Crippen LogP contribution in [-0.4, -0.2) is 40.0 Å². The third-order valence-electron chi connectivity index (χ3n) is 5.18. The number of benzene rings is 2. The lowest BCUT2D eigenvalue weighted by Gasteiger charge is -2.24. The van der Waals surface area contributed by atoms with E-state index in [2.05, 4.69) is 11.0 Å². The summed E-state index contributed by atoms with van der Waals surface area (Å²) >= 11 is 0. The molecule has 0 radical (unpaired) electrons. The quantitative estimate of drug-likeness (QED) is 0.757. The fraction of sp³-hybridized carbons (Fsp3) is 0.429. The Bertz CT molecular complexity index is 896. The van der Waals surface area contributed by atoms with Crippen molar-refractivity contribution in [2.24, 2.45) is 0 Å². The minimum atomic E-state index is -3.59. The Morgan fingerprint density at radius 3 is 2.26 bits per heavy atom. The molecule has 0 bridgehead atoms. The molecule has 0 aliphatic carbocycles. The number of ether oxygens (including phenoxy) is 1. The van der Waals surface area contributed by atoms with Crippen LogP contribution < -0.4 is 9.64 Å². The second-order valence-corrected chi connectivity index (χ2v) is 9.22. The summed E-state index contributed by atoms with van der Waals surface area (Å²) in [6.07, 6.45) is 2.37. The summed E-state index contributed by atoms with van der Waals surface area (Å²) in [7, 11) is -0.342. The second-order valence-electron chi connectivity index (χ2n) is 7.17. The average Bonchev–Trinajstić information content (AvgIpc) is 3.16. The van der Waals surface area contributed by atoms with Crippen LogP contribution in [0.25, 0.3) is 0 Å². The summed E-state index contributed by atoms with van der Waals surface area (Å²) in [5.41, 5.74) is 3.82. The van der Waals surface area contributed by atoms with E-state index in [9.17, 15) is 8.42 Å². The molecule has 0 spiro atoms. The highest BCUT2D eigenvalue weighted by molar-refractivity contribution is 7.89. The molecule has 146 valence electrons. The lowest BCUT2D eigenvalue weighted by atomic mass is 10.1. The number of sulfonamides is 1. The van der Waals surface area contributed by atoms with Crippen molar-refractivity contribution < 1.29 is 13.2 Å². The molecule has 5 nitrogen and oxygen atoms in total. The number of rotatable bonds is 6. The lowest BCUT2D eigenvalue weighted by Crippen LogP contribution is -2.28. The number of methoxy groups -OCH3 is 1. The average molecular weight is 389 g/mol. The standard InChI is InChI=1S/C21H28N2O3S/c1-16-13-19(14-17(2)21(16)26-4)27(24,25)22(3)15-18-9-5-6-10-20(18)23-11-7-8-12-23/h5-6,9-10,13-14H,7-8,11-12,15H2,1-4H3. The molecule has 0 amide bonds. The Morgan fingerprint density at radius 2 is 1.67 bits per heavy atom. The highest BCUT2D eigenvalue weighted by atomic mass is 32.2. The van der Waals surface area contributed by atoms with Crippen molar-refractivity contribution in [1.29, 1.82) is 0 Å². The molecule has 6 heteroatoms. The summed E-state index contributed by atoms with van der Waals surface area (Å²) in [5.74, 6) is 0.732. The van der Waals surface area contributed by atoms with E-state index in [4.69, 9.17) is 4.74 Å². The number of aryl methyl sites for hydroxylation is 2. The summed E-state index contributed by atoms with van der Waals surface area (Å²) in [6.45, 7) is 6.15. The maximum atomic E-state index is 13.1. The second kappa shape index (κ2) is 7.90. The molecule has 1 aliphatic rings. The van der Waals surface area contributed by atoms with E-state index in [1.165, 1.54) is 17.1 Å². The van der Waals surface area contributed by atoms with Crippen molar-refractivity contribution in [3.63, 3.8) is 0 Å². The van der Waals surface area contributed by atoms with E-state index in [0.717, 1.165) is 41.2 Å². The normalized spacial score (nSPS) is 14.8. The first-order valence-corrected chi connectivity index (χ1v) is 10.7. The Hall–Kier alpha value is -2.05. The fourth-order valence-electron chi connectivity index (χ4n) is 3.80. The van der Waals surface area contributed by atoms with E-state index in [1.54, 1.807) is 26.3 Å². The molecule has 0 atom stereocenters. The summed E-state index contributed by atoms with van der Waals surface area (Å²) < 4.78 is 33.1. The predicted octanol–water partition coefficient (Wildman–Crippen LogP) is 3.73. The van der Waals surface area contributed by atoms with Crippen LogP contribution in [-0.2, 0) is 16.6 Å². The van der Waals surface area contributed by atoms with Crippen LogP contribution in [0.5, 0.6) is 5.75 Å². The zero-order valence-electron chi connectivity index (χ0n) is 16.5. The van der Waals surface area contributed by atoms with Gasteiger partial charge in [0.2, 0.25) is 10.0 Å². The minimum Gasteiger partial charge on any atom is -0.496 e. The number of anilines is 1. The van der Waals surface area contributed by atoms with Gasteiger partial charge >= 0.3 is 0 Å². The number of hydrogen-bond donors (Lipinski definition) is 0. The summed E-state index contributed by atoms with van der Waals surface area (Å²) in [4.78, 5) is 2.65. The first-order valence-electron chi connectivity index (χ1n) is 9.29. The number of hydrogen-bond acceptors (Lipinski definition) is 4. The third-order valence-corrected chi connectivity index (χ3v) is 6.96. The van der Waals surface area contributed by atoms with Crippen LogP contribution in [0.1, 0.15) is 29.5 Å². The van der Waals surface area contributed by atoms with Gasteiger partial charge in [-0.1, -0.05) is 18.2 Å². The largest absolute Gasteiger partial charge is 0.496 e. The minimum absolute atomic E-state index is 0.305. The van der Waals surface area contributed by atoms with Crippen molar-refractivity contribution in [3.05, 3.63) is 53.1 Å². The molecule has 1 heterocycles. The van der Waals surface area contributed by atoms with Crippen LogP contribution in [0.3, 0.4) is 0 Å². The van der Waals surface area contributed by atoms with Crippen LogP contribution in [0.4, 0.5) is 5.69 Å². The molecular formula is C21H28N2O3S. The van der Waals surface area contributed by atoms with Crippen molar-refractivity contribution >= 4 is 15.7 Å². The Balaban J connectivity index is 1.89. The van der Waals surface area contributed by atoms with Gasteiger partial charge in [0, 0.05) is 32.4 Å². The van der Waals surface area contributed by atoms with Crippen molar-refractivity contribution in [1.82, 2.24) is 4.31 Å². The van der Waals surface area contributed by atoms with Crippen LogP contribution >= 0.6 is 0 Å². The van der Waals surface area contributed by atoms with Crippen molar-refractivity contribution in [2.45, 2.75) is 38.1 Å². The highest BCUT2D eigenvalue weighted by Gasteiger charge is 2.24. The molecular weight excluding hydrogens is 360 g/mol. The van der Waals surface area contributed by atoms with Gasteiger partial charge in [-0.05, 0) is 61.6 Å². The first-order chi connectivity index (χ1) is 12.8. The SMILES string of the molecule is COc1c(C)cc(S(=O)(=O)N(C)Cc2ccccc2N2CCCC2)cc1C. The molecule has 0 unspecified atom stereocenters. The van der Waals surface area contributed by atoms with Gasteiger partial charge in [0.25, 0.3) is 0 Å². The molecule has 2 aromatic carbocycles. The zero-order valence-corrected chi connectivity index (χ0v) is 17.3. The number of nitrogens with zero attached hydrogens (tertiary/aromatic N) is 2. The molecule has 27 heavy (non-hydrogen) atoms. The molecule has 0 N–H and O–H groups in total. The molecule has 2 aromatic rings. The van der Waals surface area contributed by atoms with E-state index in [0.29, 0.717) is 11.4 Å². The molecule has 0 saturated carbocycles. The third kappa shape index (κ3) is 3.96. The van der Waals surface area contributed by atoms with Gasteiger partial charge in [-0.3, -0.25) is 0 Å². The Kier molecular flexibility index (Phi) is 5.77. The van der Waals surface area contributed by atoms with Gasteiger partial charge in [-0.15, -0.1) is 0 Å². The van der Waals surface area contributed by atoms with Crippen molar-refractivity contribution in [3.8, 4) is 5.75 Å². The molecule has 0 aromatic heterocycles. The van der Waals surface area contributed by atoms with Gasteiger partial charge in [0.05, 0.1) is 12.0 Å². The van der Waals surface area contributed by atoms with Gasteiger partial charge in [0.1, 0.15) is 5.75 Å². The molecule has 3 rings (SSSR count).